The van der Waals surface area contributed by atoms with Crippen molar-refractivity contribution in [1.29, 1.82) is 0 Å². The standard InChI is InChI=1S/C16H21NO3S/c1-2-14-9-10-17(13-14)21(19,20)16-8-5-7-15(12-16)6-3-4-11-18/h5,7-8,12,14,18H,2,4,9-11,13H2,1H3. The molecule has 1 heterocycles. The Labute approximate surface area is 126 Å². The predicted molar refractivity (Wildman–Crippen MR) is 82.2 cm³/mol. The van der Waals surface area contributed by atoms with Crippen LogP contribution in [0.3, 0.4) is 0 Å². The Hall–Kier alpha value is -1.35. The molecule has 5 heteroatoms. The minimum Gasteiger partial charge on any atom is -0.395 e. The molecule has 0 saturated carbocycles. The van der Waals surface area contributed by atoms with E-state index in [-0.39, 0.29) is 6.61 Å². The quantitative estimate of drug-likeness (QED) is 0.864. The van der Waals surface area contributed by atoms with Crippen LogP contribution in [0.15, 0.2) is 29.2 Å². The second-order valence-corrected chi connectivity index (χ2v) is 7.17. The molecular formula is C16H21NO3S. The van der Waals surface area contributed by atoms with E-state index in [4.69, 9.17) is 5.11 Å². The summed E-state index contributed by atoms with van der Waals surface area (Å²) in [6.45, 7) is 3.32. The molecule has 1 aromatic rings. The Balaban J connectivity index is 2.21. The molecule has 4 nitrogen and oxygen atoms in total. The van der Waals surface area contributed by atoms with Gasteiger partial charge < -0.3 is 5.11 Å². The summed E-state index contributed by atoms with van der Waals surface area (Å²) in [7, 11) is -3.42. The molecule has 1 aliphatic rings. The van der Waals surface area contributed by atoms with E-state index < -0.39 is 10.0 Å². The maximum absolute atomic E-state index is 12.6. The van der Waals surface area contributed by atoms with Crippen LogP contribution in [0.1, 0.15) is 31.7 Å². The Bertz CT molecular complexity index is 643. The zero-order chi connectivity index (χ0) is 15.3. The molecule has 114 valence electrons. The highest BCUT2D eigenvalue weighted by Gasteiger charge is 2.31. The molecule has 1 unspecified atom stereocenters. The van der Waals surface area contributed by atoms with Gasteiger partial charge in [0.15, 0.2) is 0 Å². The van der Waals surface area contributed by atoms with Gasteiger partial charge in [-0.3, -0.25) is 0 Å². The second-order valence-electron chi connectivity index (χ2n) is 5.23. The minimum absolute atomic E-state index is 0.0111. The monoisotopic (exact) mass is 307 g/mol. The third-order valence-corrected chi connectivity index (χ3v) is 5.63. The van der Waals surface area contributed by atoms with Gasteiger partial charge in [-0.15, -0.1) is 0 Å². The molecule has 1 atom stereocenters. The van der Waals surface area contributed by atoms with Crippen molar-refractivity contribution in [2.45, 2.75) is 31.1 Å². The summed E-state index contributed by atoms with van der Waals surface area (Å²) in [6.07, 6.45) is 2.34. The zero-order valence-electron chi connectivity index (χ0n) is 12.2. The summed E-state index contributed by atoms with van der Waals surface area (Å²) < 4.78 is 26.8. The summed E-state index contributed by atoms with van der Waals surface area (Å²) in [5.74, 6) is 6.15. The maximum Gasteiger partial charge on any atom is 0.243 e. The number of sulfonamides is 1. The number of nitrogens with zero attached hydrogens (tertiary/aromatic N) is 1. The average Bonchev–Trinajstić information content (AvgIpc) is 2.97. The van der Waals surface area contributed by atoms with Crippen molar-refractivity contribution >= 4 is 10.0 Å². The zero-order valence-corrected chi connectivity index (χ0v) is 13.1. The van der Waals surface area contributed by atoms with Gasteiger partial charge in [-0.1, -0.05) is 31.3 Å². The smallest absolute Gasteiger partial charge is 0.243 e. The van der Waals surface area contributed by atoms with Crippen LogP contribution in [0.25, 0.3) is 0 Å². The molecular weight excluding hydrogens is 286 g/mol. The SMILES string of the molecule is CCC1CCN(S(=O)(=O)c2cccc(C#CCCO)c2)C1. The molecule has 0 aliphatic carbocycles. The van der Waals surface area contributed by atoms with E-state index >= 15 is 0 Å². The molecule has 0 amide bonds. The highest BCUT2D eigenvalue weighted by Crippen LogP contribution is 2.26. The van der Waals surface area contributed by atoms with Crippen LogP contribution in [-0.4, -0.2) is 37.5 Å². The predicted octanol–water partition coefficient (Wildman–Crippen LogP) is 1.84. The van der Waals surface area contributed by atoms with Crippen molar-refractivity contribution in [3.8, 4) is 11.8 Å². The highest BCUT2D eigenvalue weighted by molar-refractivity contribution is 7.89. The van der Waals surface area contributed by atoms with E-state index in [0.29, 0.717) is 35.9 Å². The molecule has 0 radical (unpaired) electrons. The first-order chi connectivity index (χ1) is 10.1. The van der Waals surface area contributed by atoms with Gasteiger partial charge in [0.05, 0.1) is 11.5 Å². The number of hydrogen-bond acceptors (Lipinski definition) is 3. The van der Waals surface area contributed by atoms with Gasteiger partial charge in [0, 0.05) is 25.1 Å². The number of benzene rings is 1. The molecule has 0 aromatic heterocycles. The van der Waals surface area contributed by atoms with E-state index in [9.17, 15) is 8.42 Å². The molecule has 1 saturated heterocycles. The number of aliphatic hydroxyl groups excluding tert-OH is 1. The second kappa shape index (κ2) is 7.08. The number of rotatable bonds is 4. The molecule has 21 heavy (non-hydrogen) atoms. The summed E-state index contributed by atoms with van der Waals surface area (Å²) >= 11 is 0. The maximum atomic E-state index is 12.6. The summed E-state index contributed by atoms with van der Waals surface area (Å²) in [6, 6.07) is 6.72. The van der Waals surface area contributed by atoms with Crippen LogP contribution in [0.5, 0.6) is 0 Å². The fraction of sp³-hybridized carbons (Fsp3) is 0.500. The Morgan fingerprint density at radius 2 is 2.24 bits per heavy atom. The fourth-order valence-corrected chi connectivity index (χ4v) is 4.03. The van der Waals surface area contributed by atoms with Crippen molar-refractivity contribution in [1.82, 2.24) is 4.31 Å². The van der Waals surface area contributed by atoms with Crippen LogP contribution >= 0.6 is 0 Å². The van der Waals surface area contributed by atoms with Crippen LogP contribution < -0.4 is 0 Å². The van der Waals surface area contributed by atoms with Gasteiger partial charge in [0.25, 0.3) is 0 Å². The lowest BCUT2D eigenvalue weighted by atomic mass is 10.1. The van der Waals surface area contributed by atoms with Crippen molar-refractivity contribution in [2.75, 3.05) is 19.7 Å². The molecule has 0 spiro atoms. The van der Waals surface area contributed by atoms with E-state index in [0.717, 1.165) is 12.8 Å². The molecule has 0 bridgehead atoms. The van der Waals surface area contributed by atoms with Gasteiger partial charge in [-0.25, -0.2) is 8.42 Å². The molecule has 2 rings (SSSR count). The third kappa shape index (κ3) is 3.85. The van der Waals surface area contributed by atoms with E-state index in [1.54, 1.807) is 28.6 Å². The largest absolute Gasteiger partial charge is 0.395 e. The van der Waals surface area contributed by atoms with Crippen LogP contribution in [0, 0.1) is 17.8 Å². The Morgan fingerprint density at radius 1 is 1.43 bits per heavy atom. The van der Waals surface area contributed by atoms with Gasteiger partial charge in [0.2, 0.25) is 10.0 Å². The number of hydrogen-bond donors (Lipinski definition) is 1. The van der Waals surface area contributed by atoms with Crippen LogP contribution in [-0.2, 0) is 10.0 Å². The van der Waals surface area contributed by atoms with Crippen molar-refractivity contribution in [2.24, 2.45) is 5.92 Å². The summed E-state index contributed by atoms with van der Waals surface area (Å²) in [4.78, 5) is 0.301. The minimum atomic E-state index is -3.42. The first-order valence-electron chi connectivity index (χ1n) is 7.28. The van der Waals surface area contributed by atoms with Crippen LogP contribution in [0.4, 0.5) is 0 Å². The lowest BCUT2D eigenvalue weighted by Gasteiger charge is -2.16. The average molecular weight is 307 g/mol. The van der Waals surface area contributed by atoms with Gasteiger partial charge >= 0.3 is 0 Å². The molecule has 1 aromatic carbocycles. The molecule has 1 fully saturated rings. The van der Waals surface area contributed by atoms with Gasteiger partial charge in [-0.05, 0) is 30.5 Å². The first kappa shape index (κ1) is 16.0. The first-order valence-corrected chi connectivity index (χ1v) is 8.72. The number of aliphatic hydroxyl groups is 1. The van der Waals surface area contributed by atoms with E-state index in [1.165, 1.54) is 0 Å². The fourth-order valence-electron chi connectivity index (χ4n) is 2.45. The lowest BCUT2D eigenvalue weighted by Crippen LogP contribution is -2.28. The Morgan fingerprint density at radius 3 is 2.90 bits per heavy atom. The highest BCUT2D eigenvalue weighted by atomic mass is 32.2. The van der Waals surface area contributed by atoms with Crippen molar-refractivity contribution in [3.63, 3.8) is 0 Å². The summed E-state index contributed by atoms with van der Waals surface area (Å²) in [5.41, 5.74) is 0.663. The van der Waals surface area contributed by atoms with Crippen molar-refractivity contribution < 1.29 is 13.5 Å². The topological polar surface area (TPSA) is 57.6 Å². The Kier molecular flexibility index (Phi) is 5.40. The third-order valence-electron chi connectivity index (χ3n) is 3.77. The van der Waals surface area contributed by atoms with E-state index in [1.807, 2.05) is 0 Å². The van der Waals surface area contributed by atoms with Crippen LogP contribution in [0.2, 0.25) is 0 Å². The molecule has 1 N–H and O–H groups in total. The lowest BCUT2D eigenvalue weighted by molar-refractivity contribution is 0.305. The van der Waals surface area contributed by atoms with Gasteiger partial charge in [-0.2, -0.15) is 4.31 Å². The van der Waals surface area contributed by atoms with Crippen molar-refractivity contribution in [3.05, 3.63) is 29.8 Å². The molecule has 1 aliphatic heterocycles. The van der Waals surface area contributed by atoms with Gasteiger partial charge in [0.1, 0.15) is 0 Å². The van der Waals surface area contributed by atoms with E-state index in [2.05, 4.69) is 18.8 Å². The normalized spacial score (nSPS) is 19.2. The summed E-state index contributed by atoms with van der Waals surface area (Å²) in [5, 5.41) is 8.71.